The number of carbonyl (C=O) groups excluding carboxylic acids is 1. The molecule has 1 aliphatic heterocycles. The molecule has 0 bridgehead atoms. The van der Waals surface area contributed by atoms with Crippen molar-refractivity contribution in [3.05, 3.63) is 11.7 Å². The third kappa shape index (κ3) is 4.90. The molecule has 0 aromatic carbocycles. The van der Waals surface area contributed by atoms with Crippen LogP contribution in [0.25, 0.3) is 0 Å². The van der Waals surface area contributed by atoms with Crippen molar-refractivity contribution in [1.29, 1.82) is 0 Å². The number of carbonyl (C=O) groups is 1. The minimum Gasteiger partial charge on any atom is -0.384 e. The highest BCUT2D eigenvalue weighted by molar-refractivity contribution is 5.76. The zero-order valence-corrected chi connectivity index (χ0v) is 11.8. The van der Waals surface area contributed by atoms with Crippen LogP contribution in [0.2, 0.25) is 0 Å². The average molecular weight is 283 g/mol. The predicted octanol–water partition coefficient (Wildman–Crippen LogP) is 0.691. The fourth-order valence-electron chi connectivity index (χ4n) is 2.13. The van der Waals surface area contributed by atoms with Crippen molar-refractivity contribution in [1.82, 2.24) is 15.5 Å². The van der Waals surface area contributed by atoms with Crippen molar-refractivity contribution in [3.63, 3.8) is 0 Å². The van der Waals surface area contributed by atoms with Crippen molar-refractivity contribution < 1.29 is 18.8 Å². The van der Waals surface area contributed by atoms with Crippen LogP contribution >= 0.6 is 0 Å². The van der Waals surface area contributed by atoms with Gasteiger partial charge >= 0.3 is 0 Å². The van der Waals surface area contributed by atoms with E-state index in [-0.39, 0.29) is 12.5 Å². The van der Waals surface area contributed by atoms with Crippen molar-refractivity contribution in [2.75, 3.05) is 26.9 Å². The van der Waals surface area contributed by atoms with E-state index >= 15 is 0 Å². The van der Waals surface area contributed by atoms with Crippen LogP contribution in [0.1, 0.15) is 31.0 Å². The topological polar surface area (TPSA) is 86.5 Å². The Balaban J connectivity index is 1.68. The normalized spacial score (nSPS) is 18.9. The second kappa shape index (κ2) is 7.96. The summed E-state index contributed by atoms with van der Waals surface area (Å²) in [5, 5.41) is 6.60. The Kier molecular flexibility index (Phi) is 5.94. The Labute approximate surface area is 118 Å². The van der Waals surface area contributed by atoms with Gasteiger partial charge in [-0.1, -0.05) is 5.16 Å². The van der Waals surface area contributed by atoms with Crippen LogP contribution in [-0.2, 0) is 27.2 Å². The first-order chi connectivity index (χ1) is 9.78. The lowest BCUT2D eigenvalue weighted by Gasteiger charge is -2.21. The predicted molar refractivity (Wildman–Crippen MR) is 69.9 cm³/mol. The summed E-state index contributed by atoms with van der Waals surface area (Å²) in [7, 11) is 1.62. The summed E-state index contributed by atoms with van der Waals surface area (Å²) in [6.07, 6.45) is 3.18. The molecule has 1 saturated heterocycles. The second-order valence-electron chi connectivity index (χ2n) is 4.91. The monoisotopic (exact) mass is 283 g/mol. The van der Waals surface area contributed by atoms with Crippen LogP contribution in [0.3, 0.4) is 0 Å². The third-order valence-corrected chi connectivity index (χ3v) is 3.21. The number of hydrogen-bond donors (Lipinski definition) is 1. The zero-order chi connectivity index (χ0) is 14.2. The highest BCUT2D eigenvalue weighted by atomic mass is 16.5. The van der Waals surface area contributed by atoms with E-state index in [0.29, 0.717) is 43.7 Å². The first-order valence-corrected chi connectivity index (χ1v) is 6.92. The summed E-state index contributed by atoms with van der Waals surface area (Å²) < 4.78 is 15.3. The molecule has 0 saturated carbocycles. The van der Waals surface area contributed by atoms with E-state index in [2.05, 4.69) is 15.5 Å². The molecule has 1 unspecified atom stereocenters. The molecule has 1 amide bonds. The molecule has 2 rings (SSSR count). The molecule has 0 spiro atoms. The Morgan fingerprint density at radius 2 is 2.45 bits per heavy atom. The Morgan fingerprint density at radius 1 is 1.55 bits per heavy atom. The van der Waals surface area contributed by atoms with Crippen LogP contribution in [0.5, 0.6) is 0 Å². The lowest BCUT2D eigenvalue weighted by Crippen LogP contribution is -2.28. The van der Waals surface area contributed by atoms with Gasteiger partial charge in [-0.2, -0.15) is 4.98 Å². The van der Waals surface area contributed by atoms with Gasteiger partial charge in [-0.05, 0) is 18.8 Å². The van der Waals surface area contributed by atoms with E-state index in [9.17, 15) is 4.79 Å². The molecule has 2 heterocycles. The number of rotatable bonds is 7. The van der Waals surface area contributed by atoms with Crippen LogP contribution < -0.4 is 5.32 Å². The maximum Gasteiger partial charge on any atom is 0.246 e. The lowest BCUT2D eigenvalue weighted by atomic mass is 9.98. The maximum atomic E-state index is 11.8. The standard InChI is InChI=1S/C13H21N3O4/c1-18-6-4-11-15-13(20-16-11)8-14-12(17)7-10-3-2-5-19-9-10/h10H,2-9H2,1H3,(H,14,17). The zero-order valence-electron chi connectivity index (χ0n) is 11.8. The highest BCUT2D eigenvalue weighted by Gasteiger charge is 2.17. The quantitative estimate of drug-likeness (QED) is 0.792. The van der Waals surface area contributed by atoms with Crippen molar-refractivity contribution in [2.24, 2.45) is 5.92 Å². The molecular formula is C13H21N3O4. The molecule has 0 aliphatic carbocycles. The van der Waals surface area contributed by atoms with Crippen molar-refractivity contribution in [2.45, 2.75) is 32.2 Å². The second-order valence-corrected chi connectivity index (χ2v) is 4.91. The summed E-state index contributed by atoms with van der Waals surface area (Å²) in [5.41, 5.74) is 0. The minimum absolute atomic E-state index is 0.00265. The molecule has 20 heavy (non-hydrogen) atoms. The van der Waals surface area contributed by atoms with Gasteiger partial charge in [-0.3, -0.25) is 4.79 Å². The minimum atomic E-state index is -0.00265. The summed E-state index contributed by atoms with van der Waals surface area (Å²) in [4.78, 5) is 16.0. The number of amides is 1. The Bertz CT molecular complexity index is 416. The summed E-state index contributed by atoms with van der Waals surface area (Å²) >= 11 is 0. The largest absolute Gasteiger partial charge is 0.384 e. The van der Waals surface area contributed by atoms with Crippen molar-refractivity contribution >= 4 is 5.91 Å². The summed E-state index contributed by atoms with van der Waals surface area (Å²) in [6.45, 7) is 2.30. The highest BCUT2D eigenvalue weighted by Crippen LogP contribution is 2.16. The van der Waals surface area contributed by atoms with Gasteiger partial charge in [0, 0.05) is 33.2 Å². The molecule has 112 valence electrons. The molecule has 7 nitrogen and oxygen atoms in total. The fourth-order valence-corrected chi connectivity index (χ4v) is 2.13. The Hall–Kier alpha value is -1.47. The molecule has 0 radical (unpaired) electrons. The number of aromatic nitrogens is 2. The molecule has 1 aliphatic rings. The molecule has 1 N–H and O–H groups in total. The van der Waals surface area contributed by atoms with Crippen LogP contribution in [-0.4, -0.2) is 43.0 Å². The molecular weight excluding hydrogens is 262 g/mol. The van der Waals surface area contributed by atoms with Gasteiger partial charge in [0.2, 0.25) is 11.8 Å². The first-order valence-electron chi connectivity index (χ1n) is 6.92. The van der Waals surface area contributed by atoms with Gasteiger partial charge in [0.25, 0.3) is 0 Å². The number of nitrogens with zero attached hydrogens (tertiary/aromatic N) is 2. The van der Waals surface area contributed by atoms with Gasteiger partial charge in [0.1, 0.15) is 0 Å². The van der Waals surface area contributed by atoms with Gasteiger partial charge in [-0.25, -0.2) is 0 Å². The smallest absolute Gasteiger partial charge is 0.246 e. The summed E-state index contributed by atoms with van der Waals surface area (Å²) in [5.74, 6) is 1.34. The lowest BCUT2D eigenvalue weighted by molar-refractivity contribution is -0.123. The molecule has 1 fully saturated rings. The maximum absolute atomic E-state index is 11.8. The van der Waals surface area contributed by atoms with Crippen molar-refractivity contribution in [3.8, 4) is 0 Å². The van der Waals surface area contributed by atoms with Gasteiger partial charge < -0.3 is 19.3 Å². The molecule has 7 heteroatoms. The third-order valence-electron chi connectivity index (χ3n) is 3.21. The molecule has 1 aromatic rings. The number of hydrogen-bond acceptors (Lipinski definition) is 6. The van der Waals surface area contributed by atoms with Crippen LogP contribution in [0.4, 0.5) is 0 Å². The van der Waals surface area contributed by atoms with E-state index < -0.39 is 0 Å². The van der Waals surface area contributed by atoms with E-state index in [1.807, 2.05) is 0 Å². The SMILES string of the molecule is COCCc1noc(CNC(=O)CC2CCCOC2)n1. The van der Waals surface area contributed by atoms with Gasteiger partial charge in [0.15, 0.2) is 5.82 Å². The van der Waals surface area contributed by atoms with Crippen LogP contribution in [0.15, 0.2) is 4.52 Å². The van der Waals surface area contributed by atoms with Crippen LogP contribution in [0, 0.1) is 5.92 Å². The van der Waals surface area contributed by atoms with E-state index in [0.717, 1.165) is 19.4 Å². The van der Waals surface area contributed by atoms with Gasteiger partial charge in [0.05, 0.1) is 13.2 Å². The van der Waals surface area contributed by atoms with E-state index in [4.69, 9.17) is 14.0 Å². The van der Waals surface area contributed by atoms with Gasteiger partial charge in [-0.15, -0.1) is 0 Å². The van der Waals surface area contributed by atoms with E-state index in [1.165, 1.54) is 0 Å². The number of ether oxygens (including phenoxy) is 2. The first kappa shape index (κ1) is 14.9. The number of methoxy groups -OCH3 is 1. The number of nitrogens with one attached hydrogen (secondary N) is 1. The van der Waals surface area contributed by atoms with E-state index in [1.54, 1.807) is 7.11 Å². The average Bonchev–Trinajstić information content (AvgIpc) is 2.92. The molecule has 1 aromatic heterocycles. The molecule has 1 atom stereocenters. The summed E-state index contributed by atoms with van der Waals surface area (Å²) in [6, 6.07) is 0. The Morgan fingerprint density at radius 3 is 3.20 bits per heavy atom. The fraction of sp³-hybridized carbons (Fsp3) is 0.769.